The van der Waals surface area contributed by atoms with Crippen LogP contribution in [0.2, 0.25) is 0 Å². The van der Waals surface area contributed by atoms with Crippen molar-refractivity contribution in [2.45, 2.75) is 13.5 Å². The van der Waals surface area contributed by atoms with Crippen molar-refractivity contribution in [2.75, 3.05) is 5.73 Å². The van der Waals surface area contributed by atoms with Crippen LogP contribution in [0.5, 0.6) is 0 Å². The Morgan fingerprint density at radius 2 is 2.05 bits per heavy atom. The molecule has 0 saturated heterocycles. The lowest BCUT2D eigenvalue weighted by atomic mass is 10.1. The molecule has 0 bridgehead atoms. The highest BCUT2D eigenvalue weighted by molar-refractivity contribution is 7.17. The molecule has 1 heterocycles. The van der Waals surface area contributed by atoms with Gasteiger partial charge in [0.05, 0.1) is 5.56 Å². The number of hydrogen-bond donors (Lipinski definition) is 1. The monoisotopic (exact) mass is 297 g/mol. The molecule has 0 aliphatic rings. The van der Waals surface area contributed by atoms with Crippen molar-refractivity contribution < 1.29 is 9.53 Å². The van der Waals surface area contributed by atoms with Crippen molar-refractivity contribution in [1.29, 1.82) is 0 Å². The molecular formula is C17H15NO2S. The van der Waals surface area contributed by atoms with Crippen LogP contribution in [0.3, 0.4) is 0 Å². The first-order valence-electron chi connectivity index (χ1n) is 6.63. The largest absolute Gasteiger partial charge is 0.457 e. The number of ether oxygens (including phenoxy) is 1. The first-order chi connectivity index (χ1) is 10.1. The molecule has 0 amide bonds. The SMILES string of the molecule is Cc1cc(N)cc(C(=O)OCc2csc3ccccc23)c1. The standard InChI is InChI=1S/C17H15NO2S/c1-11-6-12(8-14(18)7-11)17(19)20-9-13-10-21-16-5-3-2-4-15(13)16/h2-8,10H,9,18H2,1H3. The van der Waals surface area contributed by atoms with Gasteiger partial charge in [-0.2, -0.15) is 0 Å². The zero-order valence-electron chi connectivity index (χ0n) is 11.6. The van der Waals surface area contributed by atoms with Crippen molar-refractivity contribution >= 4 is 33.1 Å². The van der Waals surface area contributed by atoms with Gasteiger partial charge in [-0.1, -0.05) is 18.2 Å². The van der Waals surface area contributed by atoms with E-state index in [4.69, 9.17) is 10.5 Å². The predicted octanol–water partition coefficient (Wildman–Crippen LogP) is 4.15. The second-order valence-electron chi connectivity index (χ2n) is 4.97. The summed E-state index contributed by atoms with van der Waals surface area (Å²) in [5.74, 6) is -0.347. The molecule has 3 rings (SSSR count). The topological polar surface area (TPSA) is 52.3 Å². The molecule has 21 heavy (non-hydrogen) atoms. The number of benzene rings is 2. The van der Waals surface area contributed by atoms with Crippen molar-refractivity contribution in [1.82, 2.24) is 0 Å². The summed E-state index contributed by atoms with van der Waals surface area (Å²) >= 11 is 1.66. The number of anilines is 1. The Balaban J connectivity index is 1.76. The Hall–Kier alpha value is -2.33. The molecule has 0 unspecified atom stereocenters. The van der Waals surface area contributed by atoms with Gasteiger partial charge in [0.1, 0.15) is 6.61 Å². The number of rotatable bonds is 3. The van der Waals surface area contributed by atoms with E-state index in [1.165, 1.54) is 4.70 Å². The highest BCUT2D eigenvalue weighted by Gasteiger charge is 2.10. The molecular weight excluding hydrogens is 282 g/mol. The second kappa shape index (κ2) is 5.58. The molecule has 3 aromatic rings. The number of fused-ring (bicyclic) bond motifs is 1. The average molecular weight is 297 g/mol. The minimum atomic E-state index is -0.347. The number of hydrogen-bond acceptors (Lipinski definition) is 4. The van der Waals surface area contributed by atoms with E-state index in [1.54, 1.807) is 23.5 Å². The average Bonchev–Trinajstić information content (AvgIpc) is 2.87. The van der Waals surface area contributed by atoms with Gasteiger partial charge in [0.25, 0.3) is 0 Å². The molecule has 0 fully saturated rings. The molecule has 0 spiro atoms. The van der Waals surface area contributed by atoms with Gasteiger partial charge in [-0.25, -0.2) is 4.79 Å². The van der Waals surface area contributed by atoms with E-state index in [9.17, 15) is 4.79 Å². The van der Waals surface area contributed by atoms with Crippen LogP contribution in [0.4, 0.5) is 5.69 Å². The fourth-order valence-electron chi connectivity index (χ4n) is 2.30. The van der Waals surface area contributed by atoms with Gasteiger partial charge in [-0.3, -0.25) is 0 Å². The fraction of sp³-hybridized carbons (Fsp3) is 0.118. The maximum atomic E-state index is 12.1. The number of carbonyl (C=O) groups excluding carboxylic acids is 1. The Kier molecular flexibility index (Phi) is 3.62. The van der Waals surface area contributed by atoms with Crippen LogP contribution >= 0.6 is 11.3 Å². The summed E-state index contributed by atoms with van der Waals surface area (Å²) in [6.07, 6.45) is 0. The lowest BCUT2D eigenvalue weighted by molar-refractivity contribution is 0.0474. The molecule has 0 atom stereocenters. The highest BCUT2D eigenvalue weighted by atomic mass is 32.1. The van der Waals surface area contributed by atoms with Gasteiger partial charge < -0.3 is 10.5 Å². The van der Waals surface area contributed by atoms with E-state index in [1.807, 2.05) is 36.6 Å². The van der Waals surface area contributed by atoms with Crippen LogP contribution < -0.4 is 5.73 Å². The van der Waals surface area contributed by atoms with Crippen LogP contribution in [0.1, 0.15) is 21.5 Å². The Labute approximate surface area is 127 Å². The summed E-state index contributed by atoms with van der Waals surface area (Å²) in [5.41, 5.74) is 8.80. The molecule has 0 aliphatic carbocycles. The van der Waals surface area contributed by atoms with E-state index >= 15 is 0 Å². The summed E-state index contributed by atoms with van der Waals surface area (Å²) in [7, 11) is 0. The van der Waals surface area contributed by atoms with Gasteiger partial charge >= 0.3 is 5.97 Å². The lowest BCUT2D eigenvalue weighted by Crippen LogP contribution is -2.06. The molecule has 1 aromatic heterocycles. The first-order valence-corrected chi connectivity index (χ1v) is 7.51. The van der Waals surface area contributed by atoms with Crippen LogP contribution in [0.25, 0.3) is 10.1 Å². The Morgan fingerprint density at radius 3 is 2.86 bits per heavy atom. The van der Waals surface area contributed by atoms with E-state index in [0.717, 1.165) is 16.5 Å². The van der Waals surface area contributed by atoms with Gasteiger partial charge in [-0.05, 0) is 47.5 Å². The number of aryl methyl sites for hydroxylation is 1. The van der Waals surface area contributed by atoms with Gasteiger partial charge in [-0.15, -0.1) is 11.3 Å². The molecule has 2 aromatic carbocycles. The maximum Gasteiger partial charge on any atom is 0.338 e. The molecule has 0 radical (unpaired) electrons. The number of esters is 1. The van der Waals surface area contributed by atoms with Crippen molar-refractivity contribution in [3.63, 3.8) is 0 Å². The molecule has 0 aliphatic heterocycles. The van der Waals surface area contributed by atoms with E-state index in [0.29, 0.717) is 11.3 Å². The normalized spacial score (nSPS) is 10.7. The number of thiophene rings is 1. The molecule has 4 heteroatoms. The Morgan fingerprint density at radius 1 is 1.24 bits per heavy atom. The summed E-state index contributed by atoms with van der Waals surface area (Å²) in [6.45, 7) is 2.18. The van der Waals surface area contributed by atoms with Gasteiger partial charge in [0.2, 0.25) is 0 Å². The van der Waals surface area contributed by atoms with E-state index < -0.39 is 0 Å². The van der Waals surface area contributed by atoms with Crippen LogP contribution in [0, 0.1) is 6.92 Å². The molecule has 106 valence electrons. The third-order valence-corrected chi connectivity index (χ3v) is 4.27. The van der Waals surface area contributed by atoms with Crippen LogP contribution in [0.15, 0.2) is 47.8 Å². The summed E-state index contributed by atoms with van der Waals surface area (Å²) in [5, 5.41) is 3.17. The highest BCUT2D eigenvalue weighted by Crippen LogP contribution is 2.26. The lowest BCUT2D eigenvalue weighted by Gasteiger charge is -2.06. The number of nitrogens with two attached hydrogens (primary N) is 1. The summed E-state index contributed by atoms with van der Waals surface area (Å²) < 4.78 is 6.60. The number of carbonyl (C=O) groups is 1. The minimum absolute atomic E-state index is 0.274. The predicted molar refractivity (Wildman–Crippen MR) is 86.5 cm³/mol. The Bertz CT molecular complexity index is 787. The summed E-state index contributed by atoms with van der Waals surface area (Å²) in [6, 6.07) is 13.3. The smallest absolute Gasteiger partial charge is 0.338 e. The van der Waals surface area contributed by atoms with E-state index in [2.05, 4.69) is 6.07 Å². The van der Waals surface area contributed by atoms with Crippen LogP contribution in [-0.4, -0.2) is 5.97 Å². The summed E-state index contributed by atoms with van der Waals surface area (Å²) in [4.78, 5) is 12.1. The van der Waals surface area contributed by atoms with E-state index in [-0.39, 0.29) is 12.6 Å². The van der Waals surface area contributed by atoms with Gasteiger partial charge in [0.15, 0.2) is 0 Å². The van der Waals surface area contributed by atoms with Crippen molar-refractivity contribution in [3.8, 4) is 0 Å². The quantitative estimate of drug-likeness (QED) is 0.583. The van der Waals surface area contributed by atoms with Crippen LogP contribution in [-0.2, 0) is 11.3 Å². The first kappa shape index (κ1) is 13.6. The fourth-order valence-corrected chi connectivity index (χ4v) is 3.25. The molecule has 3 nitrogen and oxygen atoms in total. The zero-order valence-corrected chi connectivity index (χ0v) is 12.4. The number of nitrogen functional groups attached to an aromatic ring is 1. The minimum Gasteiger partial charge on any atom is -0.457 e. The van der Waals surface area contributed by atoms with Crippen molar-refractivity contribution in [3.05, 3.63) is 64.5 Å². The zero-order chi connectivity index (χ0) is 14.8. The molecule has 2 N–H and O–H groups in total. The third-order valence-electron chi connectivity index (χ3n) is 3.26. The van der Waals surface area contributed by atoms with Gasteiger partial charge in [0, 0.05) is 16.0 Å². The maximum absolute atomic E-state index is 12.1. The molecule has 0 saturated carbocycles. The second-order valence-corrected chi connectivity index (χ2v) is 5.88. The third kappa shape index (κ3) is 2.90. The van der Waals surface area contributed by atoms with Crippen molar-refractivity contribution in [2.24, 2.45) is 0 Å².